The van der Waals surface area contributed by atoms with Crippen LogP contribution in [0.3, 0.4) is 0 Å². The number of aromatic hydroxyl groups is 1. The van der Waals surface area contributed by atoms with Gasteiger partial charge >= 0.3 is 5.97 Å². The summed E-state index contributed by atoms with van der Waals surface area (Å²) in [6.07, 6.45) is 1.26. The predicted molar refractivity (Wildman–Crippen MR) is 88.5 cm³/mol. The van der Waals surface area contributed by atoms with Crippen LogP contribution in [-0.4, -0.2) is 27.0 Å². The van der Waals surface area contributed by atoms with Crippen LogP contribution in [0.4, 0.5) is 5.69 Å². The summed E-state index contributed by atoms with van der Waals surface area (Å²) in [5.74, 6) is -1.53. The first-order chi connectivity index (χ1) is 11.3. The van der Waals surface area contributed by atoms with Gasteiger partial charge in [0.25, 0.3) is 5.56 Å². The molecule has 1 aromatic heterocycles. The molecular weight excluding hydrogens is 334 g/mol. The van der Waals surface area contributed by atoms with Crippen molar-refractivity contribution in [2.75, 3.05) is 0 Å². The highest BCUT2D eigenvalue weighted by Gasteiger charge is 2.16. The van der Waals surface area contributed by atoms with Crippen LogP contribution in [0.5, 0.6) is 5.88 Å². The zero-order chi connectivity index (χ0) is 18.0. The van der Waals surface area contributed by atoms with Gasteiger partial charge in [-0.15, -0.1) is 0 Å². The van der Waals surface area contributed by atoms with Crippen molar-refractivity contribution in [2.45, 2.75) is 6.92 Å². The number of carboxylic acid groups (broad SMARTS) is 1. The molecule has 122 valence electrons. The molecule has 24 heavy (non-hydrogen) atoms. The van der Waals surface area contributed by atoms with Gasteiger partial charge in [0.15, 0.2) is 0 Å². The Morgan fingerprint density at radius 2 is 2.12 bits per heavy atom. The monoisotopic (exact) mass is 345 g/mol. The maximum absolute atomic E-state index is 11.9. The number of halogens is 1. The van der Waals surface area contributed by atoms with Crippen LogP contribution in [-0.2, 0) is 7.05 Å². The summed E-state index contributed by atoms with van der Waals surface area (Å²) in [7, 11) is 1.33. The Morgan fingerprint density at radius 3 is 2.71 bits per heavy atom. The summed E-state index contributed by atoms with van der Waals surface area (Å²) < 4.78 is 0.942. The molecule has 0 unspecified atom stereocenters. The van der Waals surface area contributed by atoms with Gasteiger partial charge in [0.2, 0.25) is 5.88 Å². The number of pyridine rings is 1. The van der Waals surface area contributed by atoms with E-state index >= 15 is 0 Å². The maximum Gasteiger partial charge on any atom is 0.337 e. The van der Waals surface area contributed by atoms with Gasteiger partial charge < -0.3 is 10.2 Å². The molecule has 8 heteroatoms. The van der Waals surface area contributed by atoms with Gasteiger partial charge in [-0.1, -0.05) is 11.6 Å². The van der Waals surface area contributed by atoms with Crippen LogP contribution in [0.25, 0.3) is 0 Å². The summed E-state index contributed by atoms with van der Waals surface area (Å²) in [5, 5.41) is 28.3. The summed E-state index contributed by atoms with van der Waals surface area (Å²) in [4.78, 5) is 27.0. The van der Waals surface area contributed by atoms with Crippen molar-refractivity contribution < 1.29 is 15.0 Å². The number of rotatable bonds is 3. The Morgan fingerprint density at radius 1 is 1.46 bits per heavy atom. The summed E-state index contributed by atoms with van der Waals surface area (Å²) in [6.45, 7) is 1.52. The highest BCUT2D eigenvalue weighted by Crippen LogP contribution is 2.24. The quantitative estimate of drug-likeness (QED) is 0.828. The molecule has 0 atom stereocenters. The highest BCUT2D eigenvalue weighted by atomic mass is 35.5. The molecule has 1 heterocycles. The van der Waals surface area contributed by atoms with E-state index < -0.39 is 11.5 Å². The van der Waals surface area contributed by atoms with Gasteiger partial charge in [-0.05, 0) is 30.7 Å². The molecule has 0 aliphatic rings. The Bertz CT molecular complexity index is 971. The van der Waals surface area contributed by atoms with E-state index in [0.29, 0.717) is 5.69 Å². The number of aliphatic imine (C=N–C) groups is 1. The van der Waals surface area contributed by atoms with E-state index in [0.717, 1.165) is 4.57 Å². The molecule has 0 radical (unpaired) electrons. The second-order valence-electron chi connectivity index (χ2n) is 4.94. The first-order valence-corrected chi connectivity index (χ1v) is 7.05. The van der Waals surface area contributed by atoms with Crippen LogP contribution in [0.2, 0.25) is 5.02 Å². The van der Waals surface area contributed by atoms with Gasteiger partial charge in [0, 0.05) is 13.3 Å². The van der Waals surface area contributed by atoms with E-state index in [-0.39, 0.29) is 33.2 Å². The van der Waals surface area contributed by atoms with Crippen LogP contribution in [0.15, 0.2) is 28.0 Å². The lowest BCUT2D eigenvalue weighted by Gasteiger charge is -2.09. The van der Waals surface area contributed by atoms with E-state index in [9.17, 15) is 14.7 Å². The smallest absolute Gasteiger partial charge is 0.337 e. The fourth-order valence-electron chi connectivity index (χ4n) is 2.09. The zero-order valence-corrected chi connectivity index (χ0v) is 13.5. The lowest BCUT2D eigenvalue weighted by atomic mass is 10.1. The van der Waals surface area contributed by atoms with Crippen molar-refractivity contribution in [1.82, 2.24) is 4.57 Å². The third kappa shape index (κ3) is 3.00. The molecule has 2 N–H and O–H groups in total. The minimum atomic E-state index is -1.19. The third-order valence-electron chi connectivity index (χ3n) is 3.49. The molecule has 0 amide bonds. The minimum Gasteiger partial charge on any atom is -0.494 e. The van der Waals surface area contributed by atoms with Gasteiger partial charge in [0.05, 0.1) is 21.8 Å². The lowest BCUT2D eigenvalue weighted by molar-refractivity contribution is 0.0697. The number of hydrogen-bond donors (Lipinski definition) is 2. The maximum atomic E-state index is 11.9. The van der Waals surface area contributed by atoms with Crippen molar-refractivity contribution in [3.05, 3.63) is 55.8 Å². The first kappa shape index (κ1) is 17.2. The number of carbonyl (C=O) groups is 1. The summed E-state index contributed by atoms with van der Waals surface area (Å²) in [6, 6.07) is 5.98. The summed E-state index contributed by atoms with van der Waals surface area (Å²) in [5.41, 5.74) is -0.0356. The SMILES string of the molecule is Cc1c(C=Nc2ccc(Cl)c(C(=O)O)c2)c(O)n(C)c(=O)c1C#N. The van der Waals surface area contributed by atoms with Gasteiger partial charge in [-0.2, -0.15) is 5.26 Å². The molecule has 2 rings (SSSR count). The Labute approximate surface area is 141 Å². The first-order valence-electron chi connectivity index (χ1n) is 6.67. The molecule has 0 saturated carbocycles. The van der Waals surface area contributed by atoms with Crippen LogP contribution >= 0.6 is 11.6 Å². The second kappa shape index (κ2) is 6.56. The number of aromatic nitrogens is 1. The van der Waals surface area contributed by atoms with E-state index in [2.05, 4.69) is 4.99 Å². The molecule has 2 aromatic rings. The normalized spacial score (nSPS) is 10.8. The number of nitrogens with zero attached hydrogens (tertiary/aromatic N) is 3. The second-order valence-corrected chi connectivity index (χ2v) is 5.35. The van der Waals surface area contributed by atoms with Gasteiger partial charge in [-0.3, -0.25) is 14.4 Å². The average molecular weight is 346 g/mol. The predicted octanol–water partition coefficient (Wildman–Crippen LogP) is 2.37. The van der Waals surface area contributed by atoms with Crippen molar-refractivity contribution in [1.29, 1.82) is 5.26 Å². The number of carboxylic acids is 1. The van der Waals surface area contributed by atoms with Crippen LogP contribution in [0, 0.1) is 18.3 Å². The fourth-order valence-corrected chi connectivity index (χ4v) is 2.29. The topological polar surface area (TPSA) is 116 Å². The molecule has 0 spiro atoms. The van der Waals surface area contributed by atoms with E-state index in [1.807, 2.05) is 0 Å². The highest BCUT2D eigenvalue weighted by molar-refractivity contribution is 6.33. The number of hydrogen-bond acceptors (Lipinski definition) is 5. The average Bonchev–Trinajstić information content (AvgIpc) is 2.54. The molecule has 0 bridgehead atoms. The molecule has 0 fully saturated rings. The van der Waals surface area contributed by atoms with Gasteiger partial charge in [0.1, 0.15) is 11.6 Å². The number of nitriles is 1. The van der Waals surface area contributed by atoms with Crippen molar-refractivity contribution in [3.63, 3.8) is 0 Å². The number of aromatic carboxylic acids is 1. The standard InChI is InChI=1S/C16H12ClN3O4/c1-8-11(6-18)14(21)20(2)15(22)12(8)7-19-9-3-4-13(17)10(5-9)16(23)24/h3-5,7,22H,1-2H3,(H,23,24). The largest absolute Gasteiger partial charge is 0.494 e. The Hall–Kier alpha value is -3.11. The zero-order valence-electron chi connectivity index (χ0n) is 12.7. The van der Waals surface area contributed by atoms with Crippen molar-refractivity contribution in [3.8, 4) is 11.9 Å². The molecule has 0 aliphatic carbocycles. The van der Waals surface area contributed by atoms with Crippen molar-refractivity contribution in [2.24, 2.45) is 12.0 Å². The van der Waals surface area contributed by atoms with Crippen molar-refractivity contribution >= 4 is 29.5 Å². The molecule has 0 aliphatic heterocycles. The molecule has 7 nitrogen and oxygen atoms in total. The molecule has 1 aromatic carbocycles. The van der Waals surface area contributed by atoms with E-state index in [1.165, 1.54) is 38.4 Å². The minimum absolute atomic E-state index is 0.0781. The number of benzene rings is 1. The lowest BCUT2D eigenvalue weighted by Crippen LogP contribution is -2.22. The summed E-state index contributed by atoms with van der Waals surface area (Å²) >= 11 is 5.79. The Kier molecular flexibility index (Phi) is 4.71. The van der Waals surface area contributed by atoms with E-state index in [1.54, 1.807) is 6.07 Å². The van der Waals surface area contributed by atoms with Gasteiger partial charge in [-0.25, -0.2) is 4.79 Å². The van der Waals surface area contributed by atoms with E-state index in [4.69, 9.17) is 22.0 Å². The Balaban J connectivity index is 2.57. The third-order valence-corrected chi connectivity index (χ3v) is 3.82. The van der Waals surface area contributed by atoms with Crippen LogP contribution < -0.4 is 5.56 Å². The van der Waals surface area contributed by atoms with Crippen LogP contribution in [0.1, 0.15) is 27.0 Å². The fraction of sp³-hybridized carbons (Fsp3) is 0.125. The molecule has 0 saturated heterocycles. The molecular formula is C16H12ClN3O4.